The van der Waals surface area contributed by atoms with Crippen LogP contribution in [0.3, 0.4) is 0 Å². The Labute approximate surface area is 119 Å². The van der Waals surface area contributed by atoms with Crippen LogP contribution in [0.2, 0.25) is 5.02 Å². The smallest absolute Gasteiger partial charge is 0.142 e. The van der Waals surface area contributed by atoms with Gasteiger partial charge >= 0.3 is 0 Å². The van der Waals surface area contributed by atoms with Gasteiger partial charge in [-0.25, -0.2) is 14.8 Å². The first kappa shape index (κ1) is 14.8. The number of rotatable bonds is 3. The molecule has 3 atom stereocenters. The Hall–Kier alpha value is -0.640. The predicted molar refractivity (Wildman–Crippen MR) is 77.6 cm³/mol. The number of hydrazine groups is 1. The molecule has 1 aromatic carbocycles. The highest BCUT2D eigenvalue weighted by molar-refractivity contribution is 6.30. The van der Waals surface area contributed by atoms with E-state index in [9.17, 15) is 4.39 Å². The molecule has 0 aliphatic carbocycles. The van der Waals surface area contributed by atoms with Gasteiger partial charge in [0.2, 0.25) is 0 Å². The summed E-state index contributed by atoms with van der Waals surface area (Å²) in [6.07, 6.45) is 3.70. The Morgan fingerprint density at radius 3 is 2.53 bits per heavy atom. The van der Waals surface area contributed by atoms with Gasteiger partial charge < -0.3 is 0 Å². The van der Waals surface area contributed by atoms with Crippen LogP contribution < -0.4 is 5.43 Å². The molecule has 3 unspecified atom stereocenters. The molecule has 1 saturated heterocycles. The van der Waals surface area contributed by atoms with Crippen LogP contribution in [0.25, 0.3) is 0 Å². The molecule has 0 bridgehead atoms. The maximum atomic E-state index is 13.5. The van der Waals surface area contributed by atoms with Gasteiger partial charge in [0.25, 0.3) is 0 Å². The summed E-state index contributed by atoms with van der Waals surface area (Å²) in [7, 11) is 0. The normalized spacial score (nSPS) is 26.4. The van der Waals surface area contributed by atoms with Crippen LogP contribution >= 0.6 is 11.6 Å². The first-order valence-electron chi connectivity index (χ1n) is 6.98. The number of hydrogen-bond acceptors (Lipinski definition) is 2. The zero-order valence-corrected chi connectivity index (χ0v) is 12.5. The third-order valence-electron chi connectivity index (χ3n) is 3.98. The van der Waals surface area contributed by atoms with E-state index in [0.29, 0.717) is 12.1 Å². The maximum Gasteiger partial charge on any atom is 0.142 e. The minimum atomic E-state index is -0.354. The van der Waals surface area contributed by atoms with Crippen LogP contribution in [0.15, 0.2) is 18.2 Å². The average molecular weight is 285 g/mol. The SMILES string of the molecule is CC(NN1C(C)CCCC1C)c1ccc(Cl)c(F)c1. The number of nitrogens with zero attached hydrogens (tertiary/aromatic N) is 1. The van der Waals surface area contributed by atoms with Crippen LogP contribution in [0.5, 0.6) is 0 Å². The van der Waals surface area contributed by atoms with E-state index in [1.807, 2.05) is 6.07 Å². The van der Waals surface area contributed by atoms with E-state index in [-0.39, 0.29) is 16.9 Å². The van der Waals surface area contributed by atoms with Crippen LogP contribution in [-0.4, -0.2) is 17.1 Å². The Balaban J connectivity index is 2.07. The summed E-state index contributed by atoms with van der Waals surface area (Å²) in [4.78, 5) is 0. The van der Waals surface area contributed by atoms with Gasteiger partial charge in [-0.3, -0.25) is 0 Å². The summed E-state index contributed by atoms with van der Waals surface area (Å²) < 4.78 is 13.5. The molecule has 0 radical (unpaired) electrons. The Morgan fingerprint density at radius 1 is 1.32 bits per heavy atom. The number of hydrogen-bond donors (Lipinski definition) is 1. The number of nitrogens with one attached hydrogen (secondary N) is 1. The first-order chi connectivity index (χ1) is 8.99. The summed E-state index contributed by atoms with van der Waals surface area (Å²) in [6.45, 7) is 6.52. The number of benzene rings is 1. The van der Waals surface area contributed by atoms with Gasteiger partial charge in [0.15, 0.2) is 0 Å². The summed E-state index contributed by atoms with van der Waals surface area (Å²) >= 11 is 5.72. The molecular formula is C15H22ClFN2. The van der Waals surface area contributed by atoms with Crippen LogP contribution in [0, 0.1) is 5.82 Å². The second-order valence-corrected chi connectivity index (χ2v) is 5.97. The summed E-state index contributed by atoms with van der Waals surface area (Å²) in [6, 6.07) is 6.12. The molecule has 2 rings (SSSR count). The van der Waals surface area contributed by atoms with E-state index in [1.165, 1.54) is 25.3 Å². The fourth-order valence-corrected chi connectivity index (χ4v) is 2.87. The Morgan fingerprint density at radius 2 is 1.95 bits per heavy atom. The summed E-state index contributed by atoms with van der Waals surface area (Å²) in [5, 5.41) is 2.48. The fourth-order valence-electron chi connectivity index (χ4n) is 2.76. The molecule has 1 aromatic rings. The fraction of sp³-hybridized carbons (Fsp3) is 0.600. The Bertz CT molecular complexity index is 428. The average Bonchev–Trinajstić information content (AvgIpc) is 2.37. The van der Waals surface area contributed by atoms with E-state index in [4.69, 9.17) is 11.6 Å². The van der Waals surface area contributed by atoms with Crippen molar-refractivity contribution in [3.63, 3.8) is 0 Å². The molecule has 2 nitrogen and oxygen atoms in total. The van der Waals surface area contributed by atoms with Crippen molar-refractivity contribution in [1.29, 1.82) is 0 Å². The van der Waals surface area contributed by atoms with Crippen molar-refractivity contribution in [2.24, 2.45) is 0 Å². The molecule has 1 aliphatic heterocycles. The van der Waals surface area contributed by atoms with Gasteiger partial charge in [0.1, 0.15) is 5.82 Å². The zero-order chi connectivity index (χ0) is 14.0. The van der Waals surface area contributed by atoms with Crippen LogP contribution in [0.1, 0.15) is 51.6 Å². The van der Waals surface area contributed by atoms with Crippen LogP contribution in [-0.2, 0) is 0 Å². The Kier molecular flexibility index (Phi) is 4.82. The zero-order valence-electron chi connectivity index (χ0n) is 11.8. The molecular weight excluding hydrogens is 263 g/mol. The molecule has 106 valence electrons. The second-order valence-electron chi connectivity index (χ2n) is 5.56. The topological polar surface area (TPSA) is 15.3 Å². The summed E-state index contributed by atoms with van der Waals surface area (Å²) in [5.74, 6) is -0.354. The third-order valence-corrected chi connectivity index (χ3v) is 4.29. The molecule has 1 aliphatic rings. The van der Waals surface area contributed by atoms with E-state index < -0.39 is 0 Å². The van der Waals surface area contributed by atoms with Crippen molar-refractivity contribution < 1.29 is 4.39 Å². The van der Waals surface area contributed by atoms with Crippen molar-refractivity contribution in [2.45, 2.75) is 58.2 Å². The highest BCUT2D eigenvalue weighted by Gasteiger charge is 2.26. The van der Waals surface area contributed by atoms with E-state index in [1.54, 1.807) is 6.07 Å². The molecule has 1 fully saturated rings. The number of halogens is 2. The molecule has 19 heavy (non-hydrogen) atoms. The largest absolute Gasteiger partial charge is 0.247 e. The second kappa shape index (κ2) is 6.21. The van der Waals surface area contributed by atoms with Crippen molar-refractivity contribution in [3.8, 4) is 0 Å². The molecule has 0 saturated carbocycles. The molecule has 0 amide bonds. The third kappa shape index (κ3) is 3.47. The lowest BCUT2D eigenvalue weighted by molar-refractivity contribution is 0.0320. The van der Waals surface area contributed by atoms with Gasteiger partial charge in [0.05, 0.1) is 5.02 Å². The monoisotopic (exact) mass is 284 g/mol. The van der Waals surface area contributed by atoms with Crippen molar-refractivity contribution in [3.05, 3.63) is 34.6 Å². The highest BCUT2D eigenvalue weighted by Crippen LogP contribution is 2.24. The molecule has 1 N–H and O–H groups in total. The molecule has 0 spiro atoms. The van der Waals surface area contributed by atoms with E-state index in [0.717, 1.165) is 5.56 Å². The maximum absolute atomic E-state index is 13.5. The molecule has 4 heteroatoms. The quantitative estimate of drug-likeness (QED) is 0.890. The van der Waals surface area contributed by atoms with Crippen molar-refractivity contribution in [2.75, 3.05) is 0 Å². The van der Waals surface area contributed by atoms with Crippen LogP contribution in [0.4, 0.5) is 4.39 Å². The molecule has 1 heterocycles. The van der Waals surface area contributed by atoms with E-state index in [2.05, 4.69) is 31.2 Å². The van der Waals surface area contributed by atoms with Gasteiger partial charge in [-0.1, -0.05) is 24.1 Å². The van der Waals surface area contributed by atoms with Crippen molar-refractivity contribution in [1.82, 2.24) is 10.4 Å². The lowest BCUT2D eigenvalue weighted by atomic mass is 9.99. The lowest BCUT2D eigenvalue weighted by Crippen LogP contribution is -2.52. The van der Waals surface area contributed by atoms with Gasteiger partial charge in [0, 0.05) is 18.1 Å². The minimum Gasteiger partial charge on any atom is -0.247 e. The lowest BCUT2D eigenvalue weighted by Gasteiger charge is -2.41. The number of piperidine rings is 1. The van der Waals surface area contributed by atoms with Gasteiger partial charge in [-0.2, -0.15) is 0 Å². The van der Waals surface area contributed by atoms with E-state index >= 15 is 0 Å². The predicted octanol–water partition coefficient (Wildman–Crippen LogP) is 4.31. The summed E-state index contributed by atoms with van der Waals surface area (Å²) in [5.41, 5.74) is 4.43. The molecule has 0 aromatic heterocycles. The first-order valence-corrected chi connectivity index (χ1v) is 7.36. The standard InChI is InChI=1S/C15H22ClFN2/c1-10-5-4-6-11(2)19(10)18-12(3)13-7-8-14(16)15(17)9-13/h7-12,18H,4-6H2,1-3H3. The minimum absolute atomic E-state index is 0.0785. The van der Waals surface area contributed by atoms with Gasteiger partial charge in [-0.05, 0) is 51.3 Å². The highest BCUT2D eigenvalue weighted by atomic mass is 35.5. The van der Waals surface area contributed by atoms with Gasteiger partial charge in [-0.15, -0.1) is 0 Å². The van der Waals surface area contributed by atoms with Crippen molar-refractivity contribution >= 4 is 11.6 Å².